The topological polar surface area (TPSA) is 12.0 Å². The molecule has 0 heterocycles. The van der Waals surface area contributed by atoms with Crippen LogP contribution in [-0.4, -0.2) is 5.54 Å². The van der Waals surface area contributed by atoms with E-state index >= 15 is 0 Å². The molecule has 1 fully saturated rings. The third kappa shape index (κ3) is 1.98. The molecule has 14 heavy (non-hydrogen) atoms. The van der Waals surface area contributed by atoms with Crippen LogP contribution < -0.4 is 5.32 Å². The largest absolute Gasteiger partial charge is 0.307 e. The lowest BCUT2D eigenvalue weighted by atomic mass is 9.75. The Hall–Kier alpha value is -0.820. The van der Waals surface area contributed by atoms with E-state index in [9.17, 15) is 0 Å². The molecule has 1 aromatic carbocycles. The Balaban J connectivity index is 1.88. The van der Waals surface area contributed by atoms with Gasteiger partial charge >= 0.3 is 0 Å². The summed E-state index contributed by atoms with van der Waals surface area (Å²) >= 11 is 0. The van der Waals surface area contributed by atoms with Crippen LogP contribution in [0.15, 0.2) is 30.3 Å². The van der Waals surface area contributed by atoms with E-state index in [-0.39, 0.29) is 0 Å². The van der Waals surface area contributed by atoms with E-state index in [1.165, 1.54) is 31.2 Å². The molecule has 0 saturated heterocycles. The van der Waals surface area contributed by atoms with E-state index in [1.807, 2.05) is 0 Å². The molecule has 1 N–H and O–H groups in total. The van der Waals surface area contributed by atoms with Gasteiger partial charge < -0.3 is 5.32 Å². The Labute approximate surface area is 86.5 Å². The van der Waals surface area contributed by atoms with Crippen LogP contribution in [0, 0.1) is 0 Å². The first kappa shape index (κ1) is 9.72. The maximum atomic E-state index is 3.70. The van der Waals surface area contributed by atoms with Crippen LogP contribution in [0.2, 0.25) is 0 Å². The zero-order chi connectivity index (χ0) is 9.86. The molecule has 1 saturated carbocycles. The van der Waals surface area contributed by atoms with Gasteiger partial charge in [0.2, 0.25) is 0 Å². The second-order valence-corrected chi connectivity index (χ2v) is 4.33. The Bertz CT molecular complexity index is 269. The minimum Gasteiger partial charge on any atom is -0.307 e. The van der Waals surface area contributed by atoms with E-state index in [0.29, 0.717) is 5.54 Å². The SMILES string of the molecule is CCC1(NCc2ccccc2)CCC1. The maximum Gasteiger partial charge on any atom is 0.0210 e. The molecule has 0 spiro atoms. The molecule has 76 valence electrons. The van der Waals surface area contributed by atoms with Crippen molar-refractivity contribution in [2.75, 3.05) is 0 Å². The minimum absolute atomic E-state index is 0.468. The average Bonchev–Trinajstić information content (AvgIpc) is 2.19. The molecule has 0 amide bonds. The first-order chi connectivity index (χ1) is 6.85. The molecule has 1 aromatic rings. The number of rotatable bonds is 4. The summed E-state index contributed by atoms with van der Waals surface area (Å²) < 4.78 is 0. The number of benzene rings is 1. The third-order valence-corrected chi connectivity index (χ3v) is 3.50. The van der Waals surface area contributed by atoms with Crippen molar-refractivity contribution in [2.45, 2.75) is 44.7 Å². The summed E-state index contributed by atoms with van der Waals surface area (Å²) in [5, 5.41) is 3.70. The predicted molar refractivity (Wildman–Crippen MR) is 60.2 cm³/mol. The monoisotopic (exact) mass is 189 g/mol. The van der Waals surface area contributed by atoms with Gasteiger partial charge in [-0.25, -0.2) is 0 Å². The van der Waals surface area contributed by atoms with Gasteiger partial charge in [-0.05, 0) is 31.2 Å². The van der Waals surface area contributed by atoms with Gasteiger partial charge in [0.15, 0.2) is 0 Å². The van der Waals surface area contributed by atoms with Crippen LogP contribution in [0.4, 0.5) is 0 Å². The second kappa shape index (κ2) is 4.14. The Morgan fingerprint density at radius 3 is 2.43 bits per heavy atom. The lowest BCUT2D eigenvalue weighted by Gasteiger charge is -2.42. The molecule has 0 bridgehead atoms. The van der Waals surface area contributed by atoms with Crippen molar-refractivity contribution in [2.24, 2.45) is 0 Å². The molecule has 0 radical (unpaired) electrons. The Kier molecular flexibility index (Phi) is 2.87. The first-order valence-electron chi connectivity index (χ1n) is 5.64. The molecular weight excluding hydrogens is 170 g/mol. The van der Waals surface area contributed by atoms with Gasteiger partial charge in [-0.1, -0.05) is 37.3 Å². The van der Waals surface area contributed by atoms with Crippen molar-refractivity contribution in [3.8, 4) is 0 Å². The highest BCUT2D eigenvalue weighted by molar-refractivity contribution is 5.15. The lowest BCUT2D eigenvalue weighted by molar-refractivity contribution is 0.175. The average molecular weight is 189 g/mol. The Morgan fingerprint density at radius 2 is 1.93 bits per heavy atom. The van der Waals surface area contributed by atoms with Crippen molar-refractivity contribution in [3.05, 3.63) is 35.9 Å². The molecule has 0 unspecified atom stereocenters. The van der Waals surface area contributed by atoms with Crippen LogP contribution in [0.25, 0.3) is 0 Å². The number of nitrogens with one attached hydrogen (secondary N) is 1. The fraction of sp³-hybridized carbons (Fsp3) is 0.538. The minimum atomic E-state index is 0.468. The second-order valence-electron chi connectivity index (χ2n) is 4.33. The Morgan fingerprint density at radius 1 is 1.21 bits per heavy atom. The fourth-order valence-corrected chi connectivity index (χ4v) is 2.14. The summed E-state index contributed by atoms with van der Waals surface area (Å²) in [6.07, 6.45) is 5.38. The zero-order valence-electron chi connectivity index (χ0n) is 8.92. The van der Waals surface area contributed by atoms with Crippen LogP contribution >= 0.6 is 0 Å². The maximum absolute atomic E-state index is 3.70. The van der Waals surface area contributed by atoms with E-state index in [4.69, 9.17) is 0 Å². The molecule has 0 aliphatic heterocycles. The van der Waals surface area contributed by atoms with Crippen molar-refractivity contribution >= 4 is 0 Å². The highest BCUT2D eigenvalue weighted by Crippen LogP contribution is 2.34. The summed E-state index contributed by atoms with van der Waals surface area (Å²) in [4.78, 5) is 0. The van der Waals surface area contributed by atoms with Gasteiger partial charge in [0.1, 0.15) is 0 Å². The standard InChI is InChI=1S/C13H19N/c1-2-13(9-6-10-13)14-11-12-7-4-3-5-8-12/h3-5,7-8,14H,2,6,9-11H2,1H3. The van der Waals surface area contributed by atoms with Crippen LogP contribution in [-0.2, 0) is 6.54 Å². The molecular formula is C13H19N. The van der Waals surface area contributed by atoms with Crippen LogP contribution in [0.1, 0.15) is 38.2 Å². The summed E-state index contributed by atoms with van der Waals surface area (Å²) in [5.41, 5.74) is 1.86. The summed E-state index contributed by atoms with van der Waals surface area (Å²) in [6, 6.07) is 10.7. The number of hydrogen-bond donors (Lipinski definition) is 1. The predicted octanol–water partition coefficient (Wildman–Crippen LogP) is 3.11. The lowest BCUT2D eigenvalue weighted by Crippen LogP contribution is -2.49. The van der Waals surface area contributed by atoms with Crippen LogP contribution in [0.3, 0.4) is 0 Å². The van der Waals surface area contributed by atoms with Gasteiger partial charge in [-0.15, -0.1) is 0 Å². The highest BCUT2D eigenvalue weighted by Gasteiger charge is 2.33. The quantitative estimate of drug-likeness (QED) is 0.767. The molecule has 1 aliphatic rings. The molecule has 1 nitrogen and oxygen atoms in total. The first-order valence-corrected chi connectivity index (χ1v) is 5.64. The summed E-state index contributed by atoms with van der Waals surface area (Å²) in [6.45, 7) is 3.31. The molecule has 0 aromatic heterocycles. The fourth-order valence-electron chi connectivity index (χ4n) is 2.14. The van der Waals surface area contributed by atoms with Gasteiger partial charge in [0, 0.05) is 12.1 Å². The van der Waals surface area contributed by atoms with Crippen LogP contribution in [0.5, 0.6) is 0 Å². The van der Waals surface area contributed by atoms with Crippen molar-refractivity contribution < 1.29 is 0 Å². The normalized spacial score (nSPS) is 18.9. The molecule has 1 aliphatic carbocycles. The van der Waals surface area contributed by atoms with E-state index in [0.717, 1.165) is 6.54 Å². The van der Waals surface area contributed by atoms with E-state index in [2.05, 4.69) is 42.6 Å². The number of hydrogen-bond acceptors (Lipinski definition) is 1. The smallest absolute Gasteiger partial charge is 0.0210 e. The van der Waals surface area contributed by atoms with Crippen molar-refractivity contribution in [1.82, 2.24) is 5.32 Å². The van der Waals surface area contributed by atoms with Gasteiger partial charge in [-0.3, -0.25) is 0 Å². The molecule has 2 rings (SSSR count). The summed E-state index contributed by atoms with van der Waals surface area (Å²) in [5.74, 6) is 0. The molecule has 1 heteroatoms. The zero-order valence-corrected chi connectivity index (χ0v) is 8.92. The van der Waals surface area contributed by atoms with Gasteiger partial charge in [0.05, 0.1) is 0 Å². The van der Waals surface area contributed by atoms with Gasteiger partial charge in [0.25, 0.3) is 0 Å². The van der Waals surface area contributed by atoms with Gasteiger partial charge in [-0.2, -0.15) is 0 Å². The van der Waals surface area contributed by atoms with Crippen molar-refractivity contribution in [3.63, 3.8) is 0 Å². The van der Waals surface area contributed by atoms with E-state index < -0.39 is 0 Å². The third-order valence-electron chi connectivity index (χ3n) is 3.50. The van der Waals surface area contributed by atoms with E-state index in [1.54, 1.807) is 0 Å². The van der Waals surface area contributed by atoms with Crippen molar-refractivity contribution in [1.29, 1.82) is 0 Å². The molecule has 0 atom stereocenters. The highest BCUT2D eigenvalue weighted by atomic mass is 15.0. The summed E-state index contributed by atoms with van der Waals surface area (Å²) in [7, 11) is 0.